The summed E-state index contributed by atoms with van der Waals surface area (Å²) in [5.41, 5.74) is 2.84. The maximum atomic E-state index is 14.1. The van der Waals surface area contributed by atoms with Crippen LogP contribution in [0.25, 0.3) is 11.1 Å². The summed E-state index contributed by atoms with van der Waals surface area (Å²) >= 11 is 12.3. The summed E-state index contributed by atoms with van der Waals surface area (Å²) < 4.78 is 18.9. The van der Waals surface area contributed by atoms with E-state index >= 15 is 0 Å². The van der Waals surface area contributed by atoms with Gasteiger partial charge in [0.1, 0.15) is 5.82 Å². The second-order valence-corrected chi connectivity index (χ2v) is 7.53. The summed E-state index contributed by atoms with van der Waals surface area (Å²) in [7, 11) is 0. The Hall–Kier alpha value is -3.18. The van der Waals surface area contributed by atoms with Crippen LogP contribution in [0.3, 0.4) is 0 Å². The Morgan fingerprint density at radius 1 is 1.19 bits per heavy atom. The summed E-state index contributed by atoms with van der Waals surface area (Å²) in [6.45, 7) is -0.626. The van der Waals surface area contributed by atoms with Crippen LogP contribution in [0.5, 0.6) is 0 Å². The molecule has 2 aromatic carbocycles. The molecule has 0 spiro atoms. The lowest BCUT2D eigenvalue weighted by molar-refractivity contribution is -0.148. The molecule has 3 rings (SSSR count). The number of hydrogen-bond donors (Lipinski definition) is 4. The van der Waals surface area contributed by atoms with Gasteiger partial charge in [0, 0.05) is 22.2 Å². The third kappa shape index (κ3) is 5.74. The van der Waals surface area contributed by atoms with E-state index in [1.807, 2.05) is 5.16 Å². The van der Waals surface area contributed by atoms with E-state index in [0.717, 1.165) is 11.1 Å². The molecule has 4 N–H and O–H groups in total. The van der Waals surface area contributed by atoms with Crippen molar-refractivity contribution in [3.8, 4) is 11.1 Å². The predicted molar refractivity (Wildman–Crippen MR) is 113 cm³/mol. The minimum absolute atomic E-state index is 0.123. The lowest BCUT2D eigenvalue weighted by atomic mass is 10.0. The van der Waals surface area contributed by atoms with Gasteiger partial charge in [-0.05, 0) is 35.4 Å². The quantitative estimate of drug-likeness (QED) is 0.361. The van der Waals surface area contributed by atoms with Crippen LogP contribution in [0.1, 0.15) is 16.1 Å². The summed E-state index contributed by atoms with van der Waals surface area (Å²) in [6.07, 6.45) is -1.83. The number of H-pyrrole nitrogens is 1. The Bertz CT molecular complexity index is 1210. The van der Waals surface area contributed by atoms with Crippen molar-refractivity contribution in [2.75, 3.05) is 6.54 Å². The second-order valence-electron chi connectivity index (χ2n) is 6.68. The third-order valence-electron chi connectivity index (χ3n) is 4.34. The van der Waals surface area contributed by atoms with Crippen molar-refractivity contribution in [1.82, 2.24) is 15.6 Å². The number of carbonyl (C=O) groups excluding carboxylic acids is 1. The molecule has 3 aromatic rings. The molecule has 0 saturated carbocycles. The normalized spacial score (nSPS) is 12.0. The Kier molecular flexibility index (Phi) is 7.31. The first-order chi connectivity index (χ1) is 15.1. The number of carboxylic acids is 1. The zero-order valence-corrected chi connectivity index (χ0v) is 17.7. The number of nitrogens with zero attached hydrogens (tertiary/aromatic N) is 1. The van der Waals surface area contributed by atoms with E-state index in [9.17, 15) is 23.9 Å². The fourth-order valence-corrected chi connectivity index (χ4v) is 3.21. The topological polar surface area (TPSA) is 136 Å². The van der Waals surface area contributed by atoms with Crippen LogP contribution in [0.4, 0.5) is 4.39 Å². The van der Waals surface area contributed by atoms with Crippen LogP contribution in [-0.4, -0.2) is 44.9 Å². The van der Waals surface area contributed by atoms with Crippen molar-refractivity contribution >= 4 is 35.1 Å². The van der Waals surface area contributed by atoms with E-state index in [1.54, 1.807) is 12.1 Å². The average molecular weight is 484 g/mol. The molecule has 168 valence electrons. The zero-order valence-electron chi connectivity index (χ0n) is 16.1. The number of benzene rings is 2. The smallest absolute Gasteiger partial charge is 0.333 e. The molecule has 1 aromatic heterocycles. The molecule has 9 nitrogen and oxygen atoms in total. The van der Waals surface area contributed by atoms with Gasteiger partial charge in [-0.1, -0.05) is 35.3 Å². The number of carboxylic acid groups (broad SMARTS) is 1. The van der Waals surface area contributed by atoms with Crippen molar-refractivity contribution in [1.29, 1.82) is 0 Å². The van der Waals surface area contributed by atoms with Gasteiger partial charge in [-0.25, -0.2) is 14.2 Å². The first-order valence-corrected chi connectivity index (χ1v) is 9.79. The minimum atomic E-state index is -1.83. The molecule has 0 aliphatic rings. The number of rotatable bonds is 8. The van der Waals surface area contributed by atoms with E-state index in [4.69, 9.17) is 32.8 Å². The number of amides is 1. The molecule has 0 aliphatic heterocycles. The van der Waals surface area contributed by atoms with Gasteiger partial charge < -0.3 is 14.7 Å². The van der Waals surface area contributed by atoms with Crippen LogP contribution in [-0.2, 0) is 11.3 Å². The molecule has 1 amide bonds. The van der Waals surface area contributed by atoms with Crippen LogP contribution in [0, 0.1) is 5.82 Å². The molecule has 12 heteroatoms. The zero-order chi connectivity index (χ0) is 23.4. The predicted octanol–water partition coefficient (Wildman–Crippen LogP) is 2.67. The van der Waals surface area contributed by atoms with Gasteiger partial charge in [0.2, 0.25) is 5.76 Å². The van der Waals surface area contributed by atoms with Gasteiger partial charge in [0.05, 0.1) is 12.6 Å². The standard InChI is InChI=1S/C20H16Cl2FN3O6/c21-12-3-4-15(23)13(6-12)10-1-2-11(14(22)5-10)8-26(9-16(27)20(30)31)24-19(29)17-7-18(28)25-32-17/h1-7,16,27H,8-9H2,(H,24,29)(H,25,28)(H,30,31)/t16-/m1/s1. The van der Waals surface area contributed by atoms with Crippen molar-refractivity contribution in [2.24, 2.45) is 0 Å². The fraction of sp³-hybridized carbons (Fsp3) is 0.150. The van der Waals surface area contributed by atoms with Crippen LogP contribution in [0.2, 0.25) is 10.0 Å². The van der Waals surface area contributed by atoms with E-state index in [1.165, 1.54) is 24.3 Å². The second kappa shape index (κ2) is 9.96. The summed E-state index contributed by atoms with van der Waals surface area (Å²) in [6, 6.07) is 9.62. The monoisotopic (exact) mass is 483 g/mol. The largest absolute Gasteiger partial charge is 0.479 e. The van der Waals surface area contributed by atoms with E-state index in [0.29, 0.717) is 16.1 Å². The van der Waals surface area contributed by atoms with Crippen LogP contribution < -0.4 is 11.0 Å². The molecule has 0 unspecified atom stereocenters. The molecule has 0 fully saturated rings. The molecule has 0 saturated heterocycles. The maximum absolute atomic E-state index is 14.1. The number of aliphatic carboxylic acids is 1. The van der Waals surface area contributed by atoms with Gasteiger partial charge in [-0.3, -0.25) is 15.0 Å². The highest BCUT2D eigenvalue weighted by atomic mass is 35.5. The number of halogens is 3. The lowest BCUT2D eigenvalue weighted by Crippen LogP contribution is -2.47. The summed E-state index contributed by atoms with van der Waals surface area (Å²) in [5, 5.41) is 22.3. The number of aromatic amines is 1. The average Bonchev–Trinajstić information content (AvgIpc) is 3.17. The van der Waals surface area contributed by atoms with Crippen LogP contribution >= 0.6 is 23.2 Å². The number of aliphatic hydroxyl groups is 1. The molecule has 32 heavy (non-hydrogen) atoms. The SMILES string of the molecule is O=C(NN(Cc1ccc(-c2cc(Cl)ccc2F)cc1Cl)C[C@@H](O)C(=O)O)c1cc(=O)[nH]o1. The van der Waals surface area contributed by atoms with E-state index in [-0.39, 0.29) is 22.9 Å². The van der Waals surface area contributed by atoms with Gasteiger partial charge in [-0.15, -0.1) is 0 Å². The molecule has 1 atom stereocenters. The first kappa shape index (κ1) is 23.5. The number of hydrogen-bond acceptors (Lipinski definition) is 6. The summed E-state index contributed by atoms with van der Waals surface area (Å²) in [5.74, 6) is -3.20. The van der Waals surface area contributed by atoms with Gasteiger partial charge in [0.15, 0.2) is 6.10 Å². The van der Waals surface area contributed by atoms with Crippen molar-refractivity contribution in [2.45, 2.75) is 12.6 Å². The summed E-state index contributed by atoms with van der Waals surface area (Å²) in [4.78, 5) is 34.5. The molecule has 1 heterocycles. The number of carbonyl (C=O) groups is 2. The van der Waals surface area contributed by atoms with Gasteiger partial charge in [-0.2, -0.15) is 5.16 Å². The number of aromatic nitrogens is 1. The molecule has 0 aliphatic carbocycles. The Balaban J connectivity index is 1.84. The molecular formula is C20H16Cl2FN3O6. The minimum Gasteiger partial charge on any atom is -0.479 e. The third-order valence-corrected chi connectivity index (χ3v) is 4.93. The lowest BCUT2D eigenvalue weighted by Gasteiger charge is -2.24. The van der Waals surface area contributed by atoms with Gasteiger partial charge >= 0.3 is 11.9 Å². The Morgan fingerprint density at radius 2 is 1.94 bits per heavy atom. The van der Waals surface area contributed by atoms with Crippen molar-refractivity contribution in [3.63, 3.8) is 0 Å². The fourth-order valence-electron chi connectivity index (χ4n) is 2.80. The number of nitrogens with one attached hydrogen (secondary N) is 2. The first-order valence-electron chi connectivity index (χ1n) is 9.03. The molecule has 0 radical (unpaired) electrons. The highest BCUT2D eigenvalue weighted by Gasteiger charge is 2.22. The van der Waals surface area contributed by atoms with Crippen molar-refractivity contribution < 1.29 is 28.7 Å². The van der Waals surface area contributed by atoms with E-state index < -0.39 is 35.9 Å². The number of hydrazine groups is 1. The molecule has 0 bridgehead atoms. The Labute approximate surface area is 189 Å². The molecular weight excluding hydrogens is 468 g/mol. The van der Waals surface area contributed by atoms with Gasteiger partial charge in [0.25, 0.3) is 5.56 Å². The maximum Gasteiger partial charge on any atom is 0.333 e. The van der Waals surface area contributed by atoms with E-state index in [2.05, 4.69) is 5.43 Å². The highest BCUT2D eigenvalue weighted by molar-refractivity contribution is 6.32. The number of aliphatic hydroxyl groups excluding tert-OH is 1. The van der Waals surface area contributed by atoms with Crippen LogP contribution in [0.15, 0.2) is 51.8 Å². The van der Waals surface area contributed by atoms with Crippen molar-refractivity contribution in [3.05, 3.63) is 80.0 Å². The highest BCUT2D eigenvalue weighted by Crippen LogP contribution is 2.30. The Morgan fingerprint density at radius 3 is 2.56 bits per heavy atom.